The summed E-state index contributed by atoms with van der Waals surface area (Å²) in [6, 6.07) is 5.83. The summed E-state index contributed by atoms with van der Waals surface area (Å²) < 4.78 is 17.8. The minimum Gasteiger partial charge on any atom is -0.268 e. The molecule has 7 nitrogen and oxygen atoms in total. The van der Waals surface area contributed by atoms with Gasteiger partial charge in [-0.1, -0.05) is 12.1 Å². The fraction of sp³-hybridized carbons (Fsp3) is 0.250. The van der Waals surface area contributed by atoms with E-state index in [4.69, 9.17) is 0 Å². The fourth-order valence-electron chi connectivity index (χ4n) is 2.88. The molecule has 0 amide bonds. The van der Waals surface area contributed by atoms with Crippen LogP contribution in [0.2, 0.25) is 0 Å². The van der Waals surface area contributed by atoms with E-state index in [9.17, 15) is 4.39 Å². The lowest BCUT2D eigenvalue weighted by Gasteiger charge is -2.00. The number of benzene rings is 1. The molecule has 3 heterocycles. The Kier molecular flexibility index (Phi) is 3.19. The summed E-state index contributed by atoms with van der Waals surface area (Å²) in [5.74, 6) is 0.495. The molecule has 24 heavy (non-hydrogen) atoms. The first-order chi connectivity index (χ1) is 11.6. The van der Waals surface area contributed by atoms with Crippen LogP contribution in [0.3, 0.4) is 0 Å². The molecule has 122 valence electrons. The zero-order valence-corrected chi connectivity index (χ0v) is 13.6. The predicted octanol–water partition coefficient (Wildman–Crippen LogP) is 2.69. The number of nitrogens with one attached hydrogen (secondary N) is 1. The van der Waals surface area contributed by atoms with Gasteiger partial charge >= 0.3 is 0 Å². The number of halogens is 1. The molecule has 0 atom stereocenters. The summed E-state index contributed by atoms with van der Waals surface area (Å²) >= 11 is 0. The Morgan fingerprint density at radius 3 is 2.92 bits per heavy atom. The molecule has 1 aromatic carbocycles. The van der Waals surface area contributed by atoms with Crippen LogP contribution in [-0.2, 0) is 13.6 Å². The maximum atomic E-state index is 14.4. The van der Waals surface area contributed by atoms with E-state index in [2.05, 4.69) is 25.4 Å². The average Bonchev–Trinajstić information content (AvgIpc) is 3.27. The Labute approximate surface area is 137 Å². The second kappa shape index (κ2) is 5.26. The van der Waals surface area contributed by atoms with Gasteiger partial charge in [0.2, 0.25) is 0 Å². The van der Waals surface area contributed by atoms with E-state index >= 15 is 0 Å². The normalized spacial score (nSPS) is 11.5. The molecule has 0 unspecified atom stereocenters. The lowest BCUT2D eigenvalue weighted by molar-refractivity contribution is 0.616. The van der Waals surface area contributed by atoms with E-state index in [0.29, 0.717) is 29.6 Å². The second-order valence-electron chi connectivity index (χ2n) is 5.58. The predicted molar refractivity (Wildman–Crippen MR) is 87.7 cm³/mol. The summed E-state index contributed by atoms with van der Waals surface area (Å²) in [5.41, 5.74) is 2.51. The highest BCUT2D eigenvalue weighted by atomic mass is 19.1. The first-order valence-corrected chi connectivity index (χ1v) is 7.67. The van der Waals surface area contributed by atoms with E-state index in [1.807, 2.05) is 32.2 Å². The molecule has 4 rings (SSSR count). The lowest BCUT2D eigenvalue weighted by Crippen LogP contribution is -2.00. The molecule has 0 radical (unpaired) electrons. The van der Waals surface area contributed by atoms with Gasteiger partial charge in [-0.05, 0) is 19.9 Å². The van der Waals surface area contributed by atoms with Crippen molar-refractivity contribution in [1.82, 2.24) is 34.7 Å². The molecule has 4 aromatic rings. The van der Waals surface area contributed by atoms with Crippen molar-refractivity contribution in [3.8, 4) is 22.9 Å². The lowest BCUT2D eigenvalue weighted by atomic mass is 10.1. The van der Waals surface area contributed by atoms with Gasteiger partial charge in [0.25, 0.3) is 0 Å². The largest absolute Gasteiger partial charge is 0.268 e. The molecule has 0 aliphatic rings. The van der Waals surface area contributed by atoms with Gasteiger partial charge in [-0.2, -0.15) is 15.3 Å². The number of aryl methyl sites for hydroxylation is 3. The van der Waals surface area contributed by atoms with Crippen LogP contribution in [0.25, 0.3) is 33.8 Å². The van der Waals surface area contributed by atoms with Crippen molar-refractivity contribution in [3.63, 3.8) is 0 Å². The molecule has 0 bridgehead atoms. The average molecular weight is 325 g/mol. The molecule has 0 fully saturated rings. The van der Waals surface area contributed by atoms with Crippen molar-refractivity contribution in [2.24, 2.45) is 7.05 Å². The van der Waals surface area contributed by atoms with Crippen molar-refractivity contribution in [3.05, 3.63) is 35.9 Å². The molecule has 0 saturated carbocycles. The zero-order valence-electron chi connectivity index (χ0n) is 13.6. The SMILES string of the molecule is CCn1nc(C)c(F)c1-c1nc(-c2cccc3c2cnn3C)n[nH]1. The second-order valence-corrected chi connectivity index (χ2v) is 5.58. The molecule has 8 heteroatoms. The first kappa shape index (κ1) is 14.6. The third-order valence-electron chi connectivity index (χ3n) is 4.10. The highest BCUT2D eigenvalue weighted by Gasteiger charge is 2.20. The topological polar surface area (TPSA) is 77.2 Å². The molecule has 3 aromatic heterocycles. The van der Waals surface area contributed by atoms with E-state index in [0.717, 1.165) is 16.5 Å². The van der Waals surface area contributed by atoms with Crippen LogP contribution in [0.5, 0.6) is 0 Å². The minimum atomic E-state index is -0.376. The van der Waals surface area contributed by atoms with Gasteiger partial charge in [-0.15, -0.1) is 0 Å². The van der Waals surface area contributed by atoms with Gasteiger partial charge in [0, 0.05) is 24.5 Å². The highest BCUT2D eigenvalue weighted by molar-refractivity contribution is 5.92. The third-order valence-corrected chi connectivity index (χ3v) is 4.10. The third kappa shape index (κ3) is 2.03. The Morgan fingerprint density at radius 1 is 1.29 bits per heavy atom. The van der Waals surface area contributed by atoms with Crippen LogP contribution in [0.1, 0.15) is 12.6 Å². The Hall–Kier alpha value is -3.03. The molecule has 0 spiro atoms. The molecule has 0 aliphatic heterocycles. The number of fused-ring (bicyclic) bond motifs is 1. The summed E-state index contributed by atoms with van der Waals surface area (Å²) in [7, 11) is 1.88. The number of hydrogen-bond donors (Lipinski definition) is 1. The zero-order chi connectivity index (χ0) is 16.8. The molecule has 0 saturated heterocycles. The van der Waals surface area contributed by atoms with E-state index in [1.165, 1.54) is 0 Å². The van der Waals surface area contributed by atoms with Gasteiger partial charge in [0.15, 0.2) is 17.5 Å². The van der Waals surface area contributed by atoms with Crippen LogP contribution in [0, 0.1) is 12.7 Å². The quantitative estimate of drug-likeness (QED) is 0.628. The number of aromatic amines is 1. The van der Waals surface area contributed by atoms with E-state index < -0.39 is 0 Å². The molecule has 1 N–H and O–H groups in total. The smallest absolute Gasteiger partial charge is 0.182 e. The maximum absolute atomic E-state index is 14.4. The highest BCUT2D eigenvalue weighted by Crippen LogP contribution is 2.28. The summed E-state index contributed by atoms with van der Waals surface area (Å²) in [4.78, 5) is 4.49. The summed E-state index contributed by atoms with van der Waals surface area (Å²) in [6.07, 6.45) is 1.78. The van der Waals surface area contributed by atoms with Gasteiger partial charge in [0.1, 0.15) is 5.69 Å². The number of nitrogens with zero attached hydrogens (tertiary/aromatic N) is 6. The van der Waals surface area contributed by atoms with E-state index in [1.54, 1.807) is 22.5 Å². The van der Waals surface area contributed by atoms with Gasteiger partial charge in [0.05, 0.1) is 17.4 Å². The van der Waals surface area contributed by atoms with Crippen molar-refractivity contribution < 1.29 is 4.39 Å². The van der Waals surface area contributed by atoms with Gasteiger partial charge in [-0.25, -0.2) is 9.37 Å². The first-order valence-electron chi connectivity index (χ1n) is 7.67. The summed E-state index contributed by atoms with van der Waals surface area (Å²) in [5, 5.41) is 16.5. The molecular formula is C16H16FN7. The molecular weight excluding hydrogens is 309 g/mol. The van der Waals surface area contributed by atoms with Crippen LogP contribution >= 0.6 is 0 Å². The van der Waals surface area contributed by atoms with Gasteiger partial charge in [-0.3, -0.25) is 14.5 Å². The van der Waals surface area contributed by atoms with Crippen molar-refractivity contribution >= 4 is 10.9 Å². The Bertz CT molecular complexity index is 1040. The number of hydrogen-bond acceptors (Lipinski definition) is 4. The van der Waals surface area contributed by atoms with Crippen LogP contribution in [0.4, 0.5) is 4.39 Å². The summed E-state index contributed by atoms with van der Waals surface area (Å²) in [6.45, 7) is 4.09. The van der Waals surface area contributed by atoms with Crippen LogP contribution in [0.15, 0.2) is 24.4 Å². The number of aromatic nitrogens is 7. The Morgan fingerprint density at radius 2 is 2.12 bits per heavy atom. The monoisotopic (exact) mass is 325 g/mol. The molecule has 0 aliphatic carbocycles. The van der Waals surface area contributed by atoms with E-state index in [-0.39, 0.29) is 5.82 Å². The van der Waals surface area contributed by atoms with Crippen molar-refractivity contribution in [2.75, 3.05) is 0 Å². The minimum absolute atomic E-state index is 0.326. The number of rotatable bonds is 3. The Balaban J connectivity index is 1.86. The number of H-pyrrole nitrogens is 1. The van der Waals surface area contributed by atoms with Crippen LogP contribution in [-0.4, -0.2) is 34.7 Å². The van der Waals surface area contributed by atoms with Crippen LogP contribution < -0.4 is 0 Å². The standard InChI is InChI=1S/C16H16FN7/c1-4-24-14(13(17)9(2)22-24)16-19-15(20-21-16)10-6-5-7-12-11(10)8-18-23(12)3/h5-8H,4H2,1-3H3,(H,19,20,21). The van der Waals surface area contributed by atoms with Gasteiger partial charge < -0.3 is 0 Å². The van der Waals surface area contributed by atoms with Crippen molar-refractivity contribution in [1.29, 1.82) is 0 Å². The fourth-order valence-corrected chi connectivity index (χ4v) is 2.88. The maximum Gasteiger partial charge on any atom is 0.182 e. The van der Waals surface area contributed by atoms with Crippen molar-refractivity contribution in [2.45, 2.75) is 20.4 Å².